The number of allylic oxidation sites excluding steroid dienone is 2. The summed E-state index contributed by atoms with van der Waals surface area (Å²) in [6.45, 7) is 0. The lowest BCUT2D eigenvalue weighted by Crippen LogP contribution is -2.25. The highest BCUT2D eigenvalue weighted by Crippen LogP contribution is 2.15. The Bertz CT molecular complexity index is 210. The minimum Gasteiger partial charge on any atom is -0.350 e. The smallest absolute Gasteiger partial charge is 0.332 e. The van der Waals surface area contributed by atoms with Crippen LogP contribution in [0.25, 0.3) is 0 Å². The number of amides is 2. The van der Waals surface area contributed by atoms with Gasteiger partial charge in [0.05, 0.1) is 0 Å². The van der Waals surface area contributed by atoms with Crippen LogP contribution in [0.15, 0.2) is 17.3 Å². The highest BCUT2D eigenvalue weighted by Gasteiger charge is 2.05. The summed E-state index contributed by atoms with van der Waals surface area (Å²) < 4.78 is 0. The van der Waals surface area contributed by atoms with Crippen LogP contribution in [0.4, 0.5) is 4.79 Å². The molecule has 4 nitrogen and oxygen atoms in total. The SMILES string of the molecule is NC(=O)N/N=C/C1CC=CCC1. The first-order chi connectivity index (χ1) is 5.79. The molecule has 0 aromatic heterocycles. The normalized spacial score (nSPS) is 22.8. The molecule has 1 rings (SSSR count). The van der Waals surface area contributed by atoms with Gasteiger partial charge in [0.25, 0.3) is 0 Å². The Balaban J connectivity index is 2.25. The number of urea groups is 1. The van der Waals surface area contributed by atoms with Crippen molar-refractivity contribution in [3.63, 3.8) is 0 Å². The first-order valence-electron chi connectivity index (χ1n) is 4.02. The Morgan fingerprint density at radius 2 is 2.50 bits per heavy atom. The van der Waals surface area contributed by atoms with E-state index in [9.17, 15) is 4.79 Å². The predicted molar refractivity (Wildman–Crippen MR) is 47.7 cm³/mol. The van der Waals surface area contributed by atoms with Gasteiger partial charge in [-0.3, -0.25) is 0 Å². The van der Waals surface area contributed by atoms with Gasteiger partial charge in [-0.25, -0.2) is 10.2 Å². The van der Waals surface area contributed by atoms with E-state index in [1.807, 2.05) is 0 Å². The Morgan fingerprint density at radius 1 is 1.67 bits per heavy atom. The van der Waals surface area contributed by atoms with Crippen LogP contribution in [-0.2, 0) is 0 Å². The number of hydrazone groups is 1. The highest BCUT2D eigenvalue weighted by molar-refractivity contribution is 5.73. The quantitative estimate of drug-likeness (QED) is 0.359. The van der Waals surface area contributed by atoms with Crippen LogP contribution < -0.4 is 11.2 Å². The summed E-state index contributed by atoms with van der Waals surface area (Å²) in [5.41, 5.74) is 7.01. The molecule has 4 heteroatoms. The number of hydrogen-bond donors (Lipinski definition) is 2. The topological polar surface area (TPSA) is 67.5 Å². The molecule has 0 radical (unpaired) electrons. The lowest BCUT2D eigenvalue weighted by atomic mass is 9.96. The molecule has 0 spiro atoms. The fourth-order valence-corrected chi connectivity index (χ4v) is 1.16. The summed E-state index contributed by atoms with van der Waals surface area (Å²) in [5.74, 6) is 0.446. The van der Waals surface area contributed by atoms with Gasteiger partial charge in [-0.1, -0.05) is 12.2 Å². The van der Waals surface area contributed by atoms with E-state index in [1.165, 1.54) is 0 Å². The molecule has 66 valence electrons. The van der Waals surface area contributed by atoms with Crippen LogP contribution in [0.2, 0.25) is 0 Å². The maximum Gasteiger partial charge on any atom is 0.332 e. The first kappa shape index (κ1) is 8.77. The molecule has 2 amide bonds. The molecular formula is C8H13N3O. The number of carbonyl (C=O) groups is 1. The molecule has 1 aliphatic carbocycles. The molecule has 0 aliphatic heterocycles. The minimum absolute atomic E-state index is 0.446. The summed E-state index contributed by atoms with van der Waals surface area (Å²) in [5, 5.41) is 3.71. The molecule has 12 heavy (non-hydrogen) atoms. The average molecular weight is 167 g/mol. The molecule has 0 aromatic carbocycles. The Morgan fingerprint density at radius 3 is 3.08 bits per heavy atom. The third-order valence-corrected chi connectivity index (χ3v) is 1.77. The lowest BCUT2D eigenvalue weighted by Gasteiger charge is -2.11. The summed E-state index contributed by atoms with van der Waals surface area (Å²) >= 11 is 0. The standard InChI is InChI=1S/C8H13N3O/c9-8(12)11-10-6-7-4-2-1-3-5-7/h1-2,6-7H,3-5H2,(H3,9,11,12)/b10-6+. The molecule has 1 unspecified atom stereocenters. The van der Waals surface area contributed by atoms with Gasteiger partial charge in [0, 0.05) is 6.21 Å². The van der Waals surface area contributed by atoms with E-state index in [0.717, 1.165) is 19.3 Å². The number of carbonyl (C=O) groups excluding carboxylic acids is 1. The van der Waals surface area contributed by atoms with Gasteiger partial charge in [-0.15, -0.1) is 0 Å². The number of nitrogens with two attached hydrogens (primary N) is 1. The molecule has 0 fully saturated rings. The predicted octanol–water partition coefficient (Wildman–Crippen LogP) is 0.997. The van der Waals surface area contributed by atoms with E-state index >= 15 is 0 Å². The van der Waals surface area contributed by atoms with Crippen LogP contribution in [-0.4, -0.2) is 12.2 Å². The van der Waals surface area contributed by atoms with Gasteiger partial charge in [-0.2, -0.15) is 5.10 Å². The lowest BCUT2D eigenvalue weighted by molar-refractivity contribution is 0.249. The first-order valence-corrected chi connectivity index (χ1v) is 4.02. The molecule has 0 saturated carbocycles. The van der Waals surface area contributed by atoms with Crippen LogP contribution >= 0.6 is 0 Å². The second-order valence-electron chi connectivity index (χ2n) is 2.80. The number of primary amides is 1. The average Bonchev–Trinajstić information content (AvgIpc) is 2.05. The van der Waals surface area contributed by atoms with E-state index in [1.54, 1.807) is 6.21 Å². The van der Waals surface area contributed by atoms with Crippen molar-refractivity contribution in [2.75, 3.05) is 0 Å². The van der Waals surface area contributed by atoms with E-state index in [2.05, 4.69) is 22.7 Å². The van der Waals surface area contributed by atoms with E-state index < -0.39 is 6.03 Å². The van der Waals surface area contributed by atoms with Gasteiger partial charge in [-0.05, 0) is 25.2 Å². The Hall–Kier alpha value is -1.32. The van der Waals surface area contributed by atoms with Crippen LogP contribution in [0.3, 0.4) is 0 Å². The van der Waals surface area contributed by atoms with Gasteiger partial charge >= 0.3 is 6.03 Å². The second kappa shape index (κ2) is 4.54. The molecule has 0 saturated heterocycles. The summed E-state index contributed by atoms with van der Waals surface area (Å²) in [6, 6.07) is -0.613. The van der Waals surface area contributed by atoms with Gasteiger partial charge in [0.1, 0.15) is 0 Å². The maximum atomic E-state index is 10.2. The summed E-state index contributed by atoms with van der Waals surface area (Å²) in [6.07, 6.45) is 9.22. The summed E-state index contributed by atoms with van der Waals surface area (Å²) in [7, 11) is 0. The maximum absolute atomic E-state index is 10.2. The van der Waals surface area contributed by atoms with Crippen molar-refractivity contribution in [2.45, 2.75) is 19.3 Å². The number of nitrogens with zero attached hydrogens (tertiary/aromatic N) is 1. The third-order valence-electron chi connectivity index (χ3n) is 1.77. The molecule has 3 N–H and O–H groups in total. The highest BCUT2D eigenvalue weighted by atomic mass is 16.2. The molecule has 1 aliphatic rings. The Labute approximate surface area is 71.5 Å². The van der Waals surface area contributed by atoms with Crippen molar-refractivity contribution < 1.29 is 4.79 Å². The van der Waals surface area contributed by atoms with Crippen molar-refractivity contribution in [1.82, 2.24) is 5.43 Å². The van der Waals surface area contributed by atoms with Crippen LogP contribution in [0, 0.1) is 5.92 Å². The van der Waals surface area contributed by atoms with Crippen LogP contribution in [0.1, 0.15) is 19.3 Å². The zero-order valence-corrected chi connectivity index (χ0v) is 6.86. The van der Waals surface area contributed by atoms with Crippen molar-refractivity contribution in [2.24, 2.45) is 16.8 Å². The Kier molecular flexibility index (Phi) is 3.32. The fraction of sp³-hybridized carbons (Fsp3) is 0.500. The number of hydrogen-bond acceptors (Lipinski definition) is 2. The number of rotatable bonds is 2. The van der Waals surface area contributed by atoms with Gasteiger partial charge < -0.3 is 5.73 Å². The van der Waals surface area contributed by atoms with Gasteiger partial charge in [0.15, 0.2) is 0 Å². The third kappa shape index (κ3) is 3.18. The van der Waals surface area contributed by atoms with Crippen molar-refractivity contribution >= 4 is 12.2 Å². The van der Waals surface area contributed by atoms with Gasteiger partial charge in [0.2, 0.25) is 0 Å². The molecule has 0 aromatic rings. The van der Waals surface area contributed by atoms with Crippen LogP contribution in [0.5, 0.6) is 0 Å². The van der Waals surface area contributed by atoms with Crippen molar-refractivity contribution in [1.29, 1.82) is 0 Å². The molecule has 1 atom stereocenters. The molecule has 0 heterocycles. The minimum atomic E-state index is -0.613. The number of nitrogens with one attached hydrogen (secondary N) is 1. The molecular weight excluding hydrogens is 154 g/mol. The zero-order chi connectivity index (χ0) is 8.81. The monoisotopic (exact) mass is 167 g/mol. The van der Waals surface area contributed by atoms with Crippen molar-refractivity contribution in [3.8, 4) is 0 Å². The molecule has 0 bridgehead atoms. The zero-order valence-electron chi connectivity index (χ0n) is 6.86. The van der Waals surface area contributed by atoms with E-state index in [-0.39, 0.29) is 0 Å². The largest absolute Gasteiger partial charge is 0.350 e. The summed E-state index contributed by atoms with van der Waals surface area (Å²) in [4.78, 5) is 10.2. The fourth-order valence-electron chi connectivity index (χ4n) is 1.16. The second-order valence-corrected chi connectivity index (χ2v) is 2.80. The van der Waals surface area contributed by atoms with Crippen molar-refractivity contribution in [3.05, 3.63) is 12.2 Å². The van der Waals surface area contributed by atoms with E-state index in [0.29, 0.717) is 5.92 Å². The van der Waals surface area contributed by atoms with E-state index in [4.69, 9.17) is 5.73 Å².